The molecule has 0 saturated carbocycles. The van der Waals surface area contributed by atoms with E-state index in [9.17, 15) is 4.79 Å². The number of H-pyrrole nitrogens is 1. The molecule has 1 N–H and O–H groups in total. The van der Waals surface area contributed by atoms with Crippen LogP contribution in [0.5, 0.6) is 0 Å². The number of imidazole rings is 1. The molecule has 1 fully saturated rings. The molecule has 2 radical (unpaired) electrons. The van der Waals surface area contributed by atoms with Crippen molar-refractivity contribution in [2.24, 2.45) is 0 Å². The van der Waals surface area contributed by atoms with Gasteiger partial charge in [0, 0.05) is 31.5 Å². The molecule has 1 saturated heterocycles. The number of hydrogen-bond acceptors (Lipinski definition) is 5. The molecule has 1 aliphatic heterocycles. The van der Waals surface area contributed by atoms with Crippen molar-refractivity contribution in [2.45, 2.75) is 18.9 Å². The maximum atomic E-state index is 12.3. The second kappa shape index (κ2) is 5.53. The molecule has 0 amide bonds. The SMILES string of the molecule is [B]c1nccc(N2CCC(n3c(=O)[nH]c4ncccc43)CC2)n1. The molecule has 4 heterocycles. The monoisotopic (exact) mass is 306 g/mol. The highest BCUT2D eigenvalue weighted by molar-refractivity contribution is 6.29. The van der Waals surface area contributed by atoms with Crippen LogP contribution in [0.25, 0.3) is 11.2 Å². The smallest absolute Gasteiger partial charge is 0.327 e. The number of anilines is 1. The fourth-order valence-corrected chi connectivity index (χ4v) is 3.21. The van der Waals surface area contributed by atoms with Gasteiger partial charge in [0.1, 0.15) is 5.82 Å². The van der Waals surface area contributed by atoms with Crippen LogP contribution in [0.4, 0.5) is 5.82 Å². The minimum atomic E-state index is -0.0940. The van der Waals surface area contributed by atoms with Crippen LogP contribution in [-0.4, -0.2) is 45.4 Å². The molecule has 23 heavy (non-hydrogen) atoms. The van der Waals surface area contributed by atoms with E-state index < -0.39 is 0 Å². The van der Waals surface area contributed by atoms with Gasteiger partial charge < -0.3 is 4.90 Å². The standard InChI is InChI=1S/C15H15BN6O/c16-14-18-7-3-12(19-14)21-8-4-10(5-9-21)22-11-2-1-6-17-13(11)20-15(22)23/h1-3,6-7,10H,4-5,8-9H2,(H,17,20,23). The summed E-state index contributed by atoms with van der Waals surface area (Å²) in [4.78, 5) is 29.6. The predicted octanol–water partition coefficient (Wildman–Crippen LogP) is 0.150. The maximum absolute atomic E-state index is 12.3. The highest BCUT2D eigenvalue weighted by atomic mass is 16.1. The van der Waals surface area contributed by atoms with Crippen LogP contribution in [0.15, 0.2) is 35.4 Å². The number of pyridine rings is 1. The maximum Gasteiger partial charge on any atom is 0.327 e. The zero-order valence-electron chi connectivity index (χ0n) is 12.5. The van der Waals surface area contributed by atoms with Crippen molar-refractivity contribution in [3.63, 3.8) is 0 Å². The molecule has 1 aliphatic rings. The van der Waals surface area contributed by atoms with Crippen LogP contribution >= 0.6 is 0 Å². The van der Waals surface area contributed by atoms with Gasteiger partial charge >= 0.3 is 5.69 Å². The Kier molecular flexibility index (Phi) is 3.36. The van der Waals surface area contributed by atoms with Crippen molar-refractivity contribution in [2.75, 3.05) is 18.0 Å². The number of aromatic amines is 1. The van der Waals surface area contributed by atoms with Crippen molar-refractivity contribution >= 4 is 30.6 Å². The van der Waals surface area contributed by atoms with Gasteiger partial charge in [0.05, 0.1) is 11.2 Å². The Labute approximate surface area is 133 Å². The minimum Gasteiger partial charge on any atom is -0.356 e. The first-order chi connectivity index (χ1) is 11.2. The first-order valence-corrected chi connectivity index (χ1v) is 7.61. The van der Waals surface area contributed by atoms with Crippen molar-refractivity contribution in [3.05, 3.63) is 41.1 Å². The third-order valence-electron chi connectivity index (χ3n) is 4.30. The first-order valence-electron chi connectivity index (χ1n) is 7.61. The second-order valence-electron chi connectivity index (χ2n) is 5.66. The van der Waals surface area contributed by atoms with E-state index in [1.54, 1.807) is 12.4 Å². The Morgan fingerprint density at radius 1 is 1.17 bits per heavy atom. The number of fused-ring (bicyclic) bond motifs is 1. The van der Waals surface area contributed by atoms with Gasteiger partial charge in [-0.1, -0.05) is 0 Å². The van der Waals surface area contributed by atoms with E-state index in [2.05, 4.69) is 24.8 Å². The molecule has 0 aliphatic carbocycles. The number of hydrogen-bond donors (Lipinski definition) is 1. The molecular formula is C15H15BN6O. The fourth-order valence-electron chi connectivity index (χ4n) is 3.21. The van der Waals surface area contributed by atoms with E-state index in [1.807, 2.05) is 22.8 Å². The molecule has 3 aromatic heterocycles. The Bertz CT molecular complexity index is 896. The van der Waals surface area contributed by atoms with Crippen LogP contribution in [0.1, 0.15) is 18.9 Å². The minimum absolute atomic E-state index is 0.0940. The number of piperidine rings is 1. The van der Waals surface area contributed by atoms with Gasteiger partial charge in [0.25, 0.3) is 0 Å². The Morgan fingerprint density at radius 3 is 2.78 bits per heavy atom. The van der Waals surface area contributed by atoms with E-state index >= 15 is 0 Å². The van der Waals surface area contributed by atoms with Gasteiger partial charge in [0.15, 0.2) is 13.5 Å². The third-order valence-corrected chi connectivity index (χ3v) is 4.30. The van der Waals surface area contributed by atoms with Gasteiger partial charge in [-0.05, 0) is 31.0 Å². The molecule has 8 heteroatoms. The van der Waals surface area contributed by atoms with E-state index in [4.69, 9.17) is 7.85 Å². The molecular weight excluding hydrogens is 291 g/mol. The van der Waals surface area contributed by atoms with Gasteiger partial charge in [-0.3, -0.25) is 14.5 Å². The summed E-state index contributed by atoms with van der Waals surface area (Å²) in [5.41, 5.74) is 1.69. The lowest BCUT2D eigenvalue weighted by molar-refractivity contribution is 0.395. The Hall–Kier alpha value is -2.64. The van der Waals surface area contributed by atoms with Crippen LogP contribution in [0.3, 0.4) is 0 Å². The van der Waals surface area contributed by atoms with E-state index in [-0.39, 0.29) is 17.5 Å². The zero-order chi connectivity index (χ0) is 15.8. The van der Waals surface area contributed by atoms with Crippen LogP contribution in [-0.2, 0) is 0 Å². The third kappa shape index (κ3) is 2.50. The second-order valence-corrected chi connectivity index (χ2v) is 5.66. The highest BCUT2D eigenvalue weighted by Crippen LogP contribution is 2.26. The molecule has 3 aromatic rings. The quantitative estimate of drug-likeness (QED) is 0.682. The van der Waals surface area contributed by atoms with Crippen molar-refractivity contribution in [3.8, 4) is 0 Å². The summed E-state index contributed by atoms with van der Waals surface area (Å²) in [6.45, 7) is 1.64. The molecule has 0 spiro atoms. The van der Waals surface area contributed by atoms with Crippen LogP contribution in [0.2, 0.25) is 0 Å². The topological polar surface area (TPSA) is 79.7 Å². The number of aromatic nitrogens is 5. The lowest BCUT2D eigenvalue weighted by Crippen LogP contribution is -2.38. The van der Waals surface area contributed by atoms with E-state index in [0.717, 1.165) is 37.3 Å². The normalized spacial score (nSPS) is 16.1. The largest absolute Gasteiger partial charge is 0.356 e. The number of nitrogens with zero attached hydrogens (tertiary/aromatic N) is 5. The number of nitrogens with one attached hydrogen (secondary N) is 1. The van der Waals surface area contributed by atoms with Crippen molar-refractivity contribution in [1.29, 1.82) is 0 Å². The Balaban J connectivity index is 1.57. The van der Waals surface area contributed by atoms with Crippen molar-refractivity contribution in [1.82, 2.24) is 24.5 Å². The summed E-state index contributed by atoms with van der Waals surface area (Å²) in [5, 5.41) is 0. The lowest BCUT2D eigenvalue weighted by Gasteiger charge is -2.33. The molecule has 114 valence electrons. The van der Waals surface area contributed by atoms with Gasteiger partial charge in [-0.15, -0.1) is 0 Å². The Morgan fingerprint density at radius 2 is 2.00 bits per heavy atom. The van der Waals surface area contributed by atoms with Gasteiger partial charge in [0.2, 0.25) is 0 Å². The van der Waals surface area contributed by atoms with Gasteiger partial charge in [-0.25, -0.2) is 14.8 Å². The first kappa shape index (κ1) is 14.0. The summed E-state index contributed by atoms with van der Waals surface area (Å²) in [7, 11) is 5.65. The summed E-state index contributed by atoms with van der Waals surface area (Å²) >= 11 is 0. The summed E-state index contributed by atoms with van der Waals surface area (Å²) < 4.78 is 1.83. The average molecular weight is 306 g/mol. The summed E-state index contributed by atoms with van der Waals surface area (Å²) in [6.07, 6.45) is 5.08. The zero-order valence-corrected chi connectivity index (χ0v) is 12.5. The lowest BCUT2D eigenvalue weighted by atomic mass is 10.0. The van der Waals surface area contributed by atoms with Crippen molar-refractivity contribution < 1.29 is 0 Å². The molecule has 0 bridgehead atoms. The van der Waals surface area contributed by atoms with Gasteiger partial charge in [-0.2, -0.15) is 0 Å². The predicted molar refractivity (Wildman–Crippen MR) is 88.3 cm³/mol. The molecule has 0 atom stereocenters. The summed E-state index contributed by atoms with van der Waals surface area (Å²) in [5.74, 6) is 0.837. The van der Waals surface area contributed by atoms with E-state index in [1.165, 1.54) is 0 Å². The number of rotatable bonds is 2. The highest BCUT2D eigenvalue weighted by Gasteiger charge is 2.24. The molecule has 7 nitrogen and oxygen atoms in total. The molecule has 4 rings (SSSR count). The molecule has 0 aromatic carbocycles. The van der Waals surface area contributed by atoms with E-state index in [0.29, 0.717) is 5.65 Å². The molecule has 0 unspecified atom stereocenters. The van der Waals surface area contributed by atoms with Crippen LogP contribution < -0.4 is 16.3 Å². The average Bonchev–Trinajstić information content (AvgIpc) is 2.91. The summed E-state index contributed by atoms with van der Waals surface area (Å²) in [6, 6.07) is 5.80. The fraction of sp³-hybridized carbons (Fsp3) is 0.333. The van der Waals surface area contributed by atoms with Crippen LogP contribution in [0, 0.1) is 0 Å².